The van der Waals surface area contributed by atoms with Crippen molar-refractivity contribution in [3.8, 4) is 0 Å². The number of nitrogens with zero attached hydrogens (tertiary/aromatic N) is 2. The number of nitro groups is 1. The van der Waals surface area contributed by atoms with E-state index in [0.29, 0.717) is 5.56 Å². The lowest BCUT2D eigenvalue weighted by Gasteiger charge is -2.20. The number of thiocarbonyl (C=S) groups is 1. The molecule has 176 valence electrons. The van der Waals surface area contributed by atoms with Crippen LogP contribution in [-0.4, -0.2) is 9.91 Å². The van der Waals surface area contributed by atoms with Gasteiger partial charge in [0.05, 0.1) is 4.92 Å². The molecule has 6 nitrogen and oxygen atoms in total. The van der Waals surface area contributed by atoms with Crippen molar-refractivity contribution < 1.29 is 14.6 Å². The SMILES string of the molecule is Cc1ccc(/C([O-])=C(/C(=S)Nc2c(C)cccc2C)[n+]2ccc(C(C)(C)C)cc2)cc1[N+](=O)[O-]. The molecule has 0 aliphatic heterocycles. The number of anilines is 1. The van der Waals surface area contributed by atoms with Crippen molar-refractivity contribution in [3.63, 3.8) is 0 Å². The summed E-state index contributed by atoms with van der Waals surface area (Å²) in [6.07, 6.45) is 3.60. The van der Waals surface area contributed by atoms with Crippen LogP contribution in [0.25, 0.3) is 11.5 Å². The van der Waals surface area contributed by atoms with Crippen molar-refractivity contribution in [1.82, 2.24) is 0 Å². The molecule has 0 aliphatic carbocycles. The van der Waals surface area contributed by atoms with E-state index in [1.807, 2.05) is 44.2 Å². The zero-order valence-electron chi connectivity index (χ0n) is 20.3. The van der Waals surface area contributed by atoms with Crippen molar-refractivity contribution in [1.29, 1.82) is 0 Å². The number of hydrogen-bond acceptors (Lipinski definition) is 4. The molecular weight excluding hydrogens is 446 g/mol. The number of hydrogen-bond donors (Lipinski definition) is 1. The Morgan fingerprint density at radius 1 is 0.971 bits per heavy atom. The van der Waals surface area contributed by atoms with Crippen molar-refractivity contribution in [3.05, 3.63) is 98.9 Å². The third kappa shape index (κ3) is 5.31. The molecule has 0 aliphatic rings. The first kappa shape index (κ1) is 25.1. The molecule has 1 N–H and O–H groups in total. The zero-order chi connectivity index (χ0) is 25.2. The van der Waals surface area contributed by atoms with Gasteiger partial charge >= 0.3 is 0 Å². The normalized spacial score (nSPS) is 12.2. The van der Waals surface area contributed by atoms with E-state index in [2.05, 4.69) is 26.1 Å². The van der Waals surface area contributed by atoms with Gasteiger partial charge in [-0.1, -0.05) is 63.3 Å². The third-order valence-electron chi connectivity index (χ3n) is 5.77. The Balaban J connectivity index is 2.18. The summed E-state index contributed by atoms with van der Waals surface area (Å²) in [7, 11) is 0. The Hall–Kier alpha value is -3.58. The van der Waals surface area contributed by atoms with Crippen LogP contribution in [0.2, 0.25) is 0 Å². The Bertz CT molecular complexity index is 1270. The van der Waals surface area contributed by atoms with Gasteiger partial charge in [-0.15, -0.1) is 0 Å². The second-order valence-corrected chi connectivity index (χ2v) is 9.81. The number of para-hydroxylation sites is 1. The van der Waals surface area contributed by atoms with Crippen LogP contribution < -0.4 is 15.0 Å². The van der Waals surface area contributed by atoms with E-state index in [4.69, 9.17) is 12.2 Å². The molecule has 0 saturated heterocycles. The maximum atomic E-state index is 13.7. The van der Waals surface area contributed by atoms with Gasteiger partial charge in [-0.3, -0.25) is 10.1 Å². The highest BCUT2D eigenvalue weighted by Gasteiger charge is 2.23. The molecule has 0 amide bonds. The van der Waals surface area contributed by atoms with E-state index in [0.717, 1.165) is 22.4 Å². The number of benzene rings is 2. The molecular formula is C27H29N3O3S. The van der Waals surface area contributed by atoms with Crippen LogP contribution in [0.5, 0.6) is 0 Å². The Morgan fingerprint density at radius 3 is 2.09 bits per heavy atom. The minimum atomic E-state index is -0.482. The fourth-order valence-electron chi connectivity index (χ4n) is 3.68. The summed E-state index contributed by atoms with van der Waals surface area (Å²) >= 11 is 5.73. The predicted molar refractivity (Wildman–Crippen MR) is 138 cm³/mol. The standard InChI is InChI=1S/C27H29N3O3S/c1-17-10-11-20(16-22(17)30(32)33)25(31)24(29-14-12-21(13-15-29)27(4,5)6)26(34)28-23-18(2)8-7-9-19(23)3/h7-16H,1-6H3,(H-,28,31,34). The second kappa shape index (κ2) is 9.73. The zero-order valence-corrected chi connectivity index (χ0v) is 21.1. The lowest BCUT2D eigenvalue weighted by molar-refractivity contribution is -0.577. The molecule has 0 bridgehead atoms. The Morgan fingerprint density at radius 2 is 1.56 bits per heavy atom. The van der Waals surface area contributed by atoms with Crippen molar-refractivity contribution in [2.24, 2.45) is 0 Å². The minimum Gasteiger partial charge on any atom is -0.867 e. The van der Waals surface area contributed by atoms with Gasteiger partial charge in [0.2, 0.25) is 5.70 Å². The van der Waals surface area contributed by atoms with Gasteiger partial charge < -0.3 is 10.4 Å². The van der Waals surface area contributed by atoms with E-state index in [9.17, 15) is 15.2 Å². The summed E-state index contributed by atoms with van der Waals surface area (Å²) in [6.45, 7) is 11.9. The molecule has 3 rings (SSSR count). The maximum Gasteiger partial charge on any atom is 0.272 e. The monoisotopic (exact) mass is 475 g/mol. The largest absolute Gasteiger partial charge is 0.867 e. The summed E-state index contributed by atoms with van der Waals surface area (Å²) in [5.41, 5.74) is 4.67. The van der Waals surface area contributed by atoms with E-state index < -0.39 is 10.7 Å². The van der Waals surface area contributed by atoms with Crippen molar-refractivity contribution >= 4 is 40.0 Å². The molecule has 7 heteroatoms. The van der Waals surface area contributed by atoms with Gasteiger partial charge in [0.15, 0.2) is 17.4 Å². The molecule has 0 spiro atoms. The number of nitro benzene ring substituents is 1. The summed E-state index contributed by atoms with van der Waals surface area (Å²) in [5, 5.41) is 28.4. The van der Waals surface area contributed by atoms with Crippen LogP contribution in [0.15, 0.2) is 60.9 Å². The molecule has 34 heavy (non-hydrogen) atoms. The third-order valence-corrected chi connectivity index (χ3v) is 6.07. The molecule has 1 aromatic heterocycles. The predicted octanol–water partition coefficient (Wildman–Crippen LogP) is 5.23. The lowest BCUT2D eigenvalue weighted by atomic mass is 9.88. The van der Waals surface area contributed by atoms with Crippen LogP contribution in [0, 0.1) is 30.9 Å². The molecule has 0 radical (unpaired) electrons. The number of aromatic nitrogens is 1. The molecule has 2 aromatic carbocycles. The number of aryl methyl sites for hydroxylation is 3. The quantitative estimate of drug-likeness (QED) is 0.136. The Labute approximate surface area is 205 Å². The van der Waals surface area contributed by atoms with E-state index in [1.54, 1.807) is 36.0 Å². The average molecular weight is 476 g/mol. The molecule has 0 saturated carbocycles. The highest BCUT2D eigenvalue weighted by molar-refractivity contribution is 7.81. The molecule has 0 fully saturated rings. The minimum absolute atomic E-state index is 0.0577. The molecule has 0 unspecified atom stereocenters. The number of nitrogens with one attached hydrogen (secondary N) is 1. The van der Waals surface area contributed by atoms with Gasteiger partial charge in [-0.05, 0) is 54.2 Å². The first-order chi connectivity index (χ1) is 15.9. The van der Waals surface area contributed by atoms with Gasteiger partial charge in [-0.2, -0.15) is 4.57 Å². The highest BCUT2D eigenvalue weighted by Crippen LogP contribution is 2.26. The van der Waals surface area contributed by atoms with Crippen molar-refractivity contribution in [2.45, 2.75) is 47.0 Å². The first-order valence-electron chi connectivity index (χ1n) is 11.0. The smallest absolute Gasteiger partial charge is 0.272 e. The van der Waals surface area contributed by atoms with E-state index >= 15 is 0 Å². The van der Waals surface area contributed by atoms with Gasteiger partial charge in [0, 0.05) is 29.4 Å². The van der Waals surface area contributed by atoms with Crippen LogP contribution in [-0.2, 0) is 5.41 Å². The summed E-state index contributed by atoms with van der Waals surface area (Å²) in [4.78, 5) is 11.2. The van der Waals surface area contributed by atoms with Gasteiger partial charge in [0.25, 0.3) is 5.69 Å². The fraction of sp³-hybridized carbons (Fsp3) is 0.259. The summed E-state index contributed by atoms with van der Waals surface area (Å²) < 4.78 is 1.67. The van der Waals surface area contributed by atoms with Crippen LogP contribution >= 0.6 is 12.2 Å². The average Bonchev–Trinajstić information content (AvgIpc) is 2.76. The molecule has 3 aromatic rings. The number of pyridine rings is 1. The fourth-order valence-corrected chi connectivity index (χ4v) is 3.98. The second-order valence-electron chi connectivity index (χ2n) is 9.40. The number of rotatable bonds is 5. The molecule has 0 atom stereocenters. The summed E-state index contributed by atoms with van der Waals surface area (Å²) in [6, 6.07) is 14.3. The summed E-state index contributed by atoms with van der Waals surface area (Å²) in [5.74, 6) is -0.402. The highest BCUT2D eigenvalue weighted by atomic mass is 32.1. The topological polar surface area (TPSA) is 82.1 Å². The van der Waals surface area contributed by atoms with Crippen LogP contribution in [0.1, 0.15) is 48.6 Å². The maximum absolute atomic E-state index is 13.7. The lowest BCUT2D eigenvalue weighted by Crippen LogP contribution is -2.40. The van der Waals surface area contributed by atoms with Crippen LogP contribution in [0.3, 0.4) is 0 Å². The van der Waals surface area contributed by atoms with Gasteiger partial charge in [0.1, 0.15) is 0 Å². The van der Waals surface area contributed by atoms with Crippen LogP contribution in [0.4, 0.5) is 11.4 Å². The first-order valence-corrected chi connectivity index (χ1v) is 11.4. The molecule has 1 heterocycles. The van der Waals surface area contributed by atoms with E-state index in [-0.39, 0.29) is 27.4 Å². The van der Waals surface area contributed by atoms with Crippen molar-refractivity contribution in [2.75, 3.05) is 5.32 Å². The Kier molecular flexibility index (Phi) is 7.17. The van der Waals surface area contributed by atoms with Gasteiger partial charge in [-0.25, -0.2) is 0 Å². The van der Waals surface area contributed by atoms with E-state index in [1.165, 1.54) is 6.07 Å².